The molecule has 4 aromatic carbocycles. The quantitative estimate of drug-likeness (QED) is 0.274. The number of benzene rings is 4. The van der Waals surface area contributed by atoms with Gasteiger partial charge >= 0.3 is 0 Å². The first kappa shape index (κ1) is 22.6. The molecule has 0 saturated heterocycles. The zero-order valence-corrected chi connectivity index (χ0v) is 20.0. The van der Waals surface area contributed by atoms with Gasteiger partial charge in [0.1, 0.15) is 0 Å². The SMILES string of the molecule is C=P(Cc1ccccc1)(Cc1ccccc1)c1ccc2c(c1)CN(c1ccc(F)c(F)c1)CC2. The van der Waals surface area contributed by atoms with Crippen LogP contribution in [0.15, 0.2) is 97.1 Å². The molecule has 0 unspecified atom stereocenters. The molecule has 0 saturated carbocycles. The molecule has 0 radical (unpaired) electrons. The fraction of sp³-hybridized carbons (Fsp3) is 0.167. The highest BCUT2D eigenvalue weighted by molar-refractivity contribution is 7.79. The normalized spacial score (nSPS) is 13.5. The maximum atomic E-state index is 13.9. The molecule has 1 aliphatic heterocycles. The number of anilines is 1. The standard InChI is InChI=1S/C30H28F2NP/c1-34(21-23-8-4-2-5-9-23,22-24-10-6-3-7-11-24)28-14-12-25-16-17-33(20-26(25)18-28)27-13-15-29(31)30(32)19-27/h2-15,18-19H,1,16-17,20-22H2. The van der Waals surface area contributed by atoms with Gasteiger partial charge in [-0.2, -0.15) is 0 Å². The summed E-state index contributed by atoms with van der Waals surface area (Å²) in [4.78, 5) is 2.13. The van der Waals surface area contributed by atoms with E-state index < -0.39 is 18.5 Å². The molecule has 5 rings (SSSR count). The first-order chi connectivity index (χ1) is 16.5. The third-order valence-corrected chi connectivity index (χ3v) is 9.99. The first-order valence-electron chi connectivity index (χ1n) is 11.6. The first-order valence-corrected chi connectivity index (χ1v) is 14.0. The van der Waals surface area contributed by atoms with Crippen molar-refractivity contribution in [3.05, 3.63) is 131 Å². The summed E-state index contributed by atoms with van der Waals surface area (Å²) in [7, 11) is 0. The van der Waals surface area contributed by atoms with E-state index >= 15 is 0 Å². The predicted octanol–water partition coefficient (Wildman–Crippen LogP) is 7.00. The van der Waals surface area contributed by atoms with Gasteiger partial charge in [-0.3, -0.25) is 0 Å². The van der Waals surface area contributed by atoms with Crippen LogP contribution in [0.2, 0.25) is 0 Å². The predicted molar refractivity (Wildman–Crippen MR) is 142 cm³/mol. The summed E-state index contributed by atoms with van der Waals surface area (Å²) >= 11 is 0. The Balaban J connectivity index is 1.49. The summed E-state index contributed by atoms with van der Waals surface area (Å²) in [6, 6.07) is 32.3. The lowest BCUT2D eigenvalue weighted by molar-refractivity contribution is 0.508. The van der Waals surface area contributed by atoms with Gasteiger partial charge in [-0.15, -0.1) is 0 Å². The van der Waals surface area contributed by atoms with Gasteiger partial charge in [0, 0.05) is 24.8 Å². The van der Waals surface area contributed by atoms with E-state index in [1.165, 1.54) is 39.7 Å². The molecule has 0 bridgehead atoms. The lowest BCUT2D eigenvalue weighted by Gasteiger charge is -2.33. The Kier molecular flexibility index (Phi) is 6.39. The highest BCUT2D eigenvalue weighted by Gasteiger charge is 2.23. The van der Waals surface area contributed by atoms with Crippen molar-refractivity contribution in [1.29, 1.82) is 0 Å². The van der Waals surface area contributed by atoms with Crippen LogP contribution in [-0.2, 0) is 25.3 Å². The highest BCUT2D eigenvalue weighted by atomic mass is 31.2. The molecular weight excluding hydrogens is 443 g/mol. The van der Waals surface area contributed by atoms with E-state index in [-0.39, 0.29) is 0 Å². The number of hydrogen-bond donors (Lipinski definition) is 0. The van der Waals surface area contributed by atoms with Gasteiger partial charge in [0.25, 0.3) is 0 Å². The van der Waals surface area contributed by atoms with Crippen molar-refractivity contribution in [1.82, 2.24) is 0 Å². The van der Waals surface area contributed by atoms with Crippen LogP contribution in [0.25, 0.3) is 0 Å². The van der Waals surface area contributed by atoms with E-state index in [0.717, 1.165) is 31.0 Å². The van der Waals surface area contributed by atoms with Crippen molar-refractivity contribution in [3.63, 3.8) is 0 Å². The van der Waals surface area contributed by atoms with Crippen LogP contribution in [0.4, 0.5) is 14.5 Å². The van der Waals surface area contributed by atoms with Crippen molar-refractivity contribution in [2.24, 2.45) is 0 Å². The Hall–Kier alpha value is -3.16. The summed E-state index contributed by atoms with van der Waals surface area (Å²) < 4.78 is 27.3. The van der Waals surface area contributed by atoms with Gasteiger partial charge < -0.3 is 4.90 Å². The smallest absolute Gasteiger partial charge is 0.160 e. The molecule has 0 fully saturated rings. The van der Waals surface area contributed by atoms with E-state index in [1.807, 2.05) is 0 Å². The Labute approximate surface area is 200 Å². The number of hydrogen-bond acceptors (Lipinski definition) is 1. The maximum Gasteiger partial charge on any atom is 0.160 e. The summed E-state index contributed by atoms with van der Waals surface area (Å²) in [5, 5.41) is 1.31. The zero-order chi connectivity index (χ0) is 23.5. The molecular formula is C30H28F2NP. The Bertz CT molecular complexity index is 1290. The van der Waals surface area contributed by atoms with E-state index in [1.54, 1.807) is 6.07 Å². The summed E-state index contributed by atoms with van der Waals surface area (Å²) in [5.74, 6) is -1.61. The second kappa shape index (κ2) is 9.60. The van der Waals surface area contributed by atoms with Gasteiger partial charge in [-0.1, -0.05) is 86.0 Å². The van der Waals surface area contributed by atoms with Crippen LogP contribution in [-0.4, -0.2) is 12.8 Å². The van der Waals surface area contributed by atoms with Gasteiger partial charge in [-0.05, 0) is 64.5 Å². The molecule has 1 heterocycles. The third kappa shape index (κ3) is 4.86. The minimum absolute atomic E-state index is 0.685. The Morgan fingerprint density at radius 3 is 1.97 bits per heavy atom. The van der Waals surface area contributed by atoms with Gasteiger partial charge in [0.15, 0.2) is 11.6 Å². The van der Waals surface area contributed by atoms with Gasteiger partial charge in [0.2, 0.25) is 0 Å². The molecule has 0 aromatic heterocycles. The third-order valence-electron chi connectivity index (χ3n) is 6.67. The van der Waals surface area contributed by atoms with Crippen LogP contribution >= 0.6 is 6.89 Å². The molecule has 4 aromatic rings. The average molecular weight is 472 g/mol. The largest absolute Gasteiger partial charge is 0.367 e. The molecule has 34 heavy (non-hydrogen) atoms. The van der Waals surface area contributed by atoms with Gasteiger partial charge in [-0.25, -0.2) is 8.78 Å². The molecule has 4 heteroatoms. The molecule has 172 valence electrons. The second-order valence-corrected chi connectivity index (χ2v) is 12.6. The Morgan fingerprint density at radius 1 is 0.706 bits per heavy atom. The zero-order valence-electron chi connectivity index (χ0n) is 19.1. The van der Waals surface area contributed by atoms with E-state index in [4.69, 9.17) is 6.30 Å². The van der Waals surface area contributed by atoms with Crippen molar-refractivity contribution < 1.29 is 8.78 Å². The fourth-order valence-electron chi connectivity index (χ4n) is 4.84. The van der Waals surface area contributed by atoms with Crippen molar-refractivity contribution >= 4 is 24.2 Å². The molecule has 0 atom stereocenters. The fourth-order valence-corrected chi connectivity index (χ4v) is 7.96. The number of nitrogens with zero attached hydrogens (tertiary/aromatic N) is 1. The lowest BCUT2D eigenvalue weighted by Crippen LogP contribution is -2.31. The topological polar surface area (TPSA) is 3.24 Å². The van der Waals surface area contributed by atoms with Crippen molar-refractivity contribution in [2.75, 3.05) is 11.4 Å². The van der Waals surface area contributed by atoms with E-state index in [9.17, 15) is 8.78 Å². The second-order valence-electron chi connectivity index (χ2n) is 9.16. The van der Waals surface area contributed by atoms with Crippen molar-refractivity contribution in [3.8, 4) is 0 Å². The van der Waals surface area contributed by atoms with E-state index in [0.29, 0.717) is 6.54 Å². The summed E-state index contributed by atoms with van der Waals surface area (Å²) in [6.45, 7) is -0.323. The number of halogens is 2. The van der Waals surface area contributed by atoms with Crippen LogP contribution < -0.4 is 10.2 Å². The molecule has 0 spiro atoms. The molecule has 1 nitrogen and oxygen atoms in total. The summed E-state index contributed by atoms with van der Waals surface area (Å²) in [6.07, 6.45) is 7.65. The molecule has 1 aliphatic rings. The molecule has 0 amide bonds. The van der Waals surface area contributed by atoms with Gasteiger partial charge in [0.05, 0.1) is 0 Å². The highest BCUT2D eigenvalue weighted by Crippen LogP contribution is 2.51. The summed E-state index contributed by atoms with van der Waals surface area (Å²) in [5.41, 5.74) is 5.92. The number of rotatable bonds is 6. The van der Waals surface area contributed by atoms with Crippen LogP contribution in [0.1, 0.15) is 22.3 Å². The van der Waals surface area contributed by atoms with Crippen molar-refractivity contribution in [2.45, 2.75) is 25.3 Å². The van der Waals surface area contributed by atoms with E-state index in [2.05, 4.69) is 83.8 Å². The van der Waals surface area contributed by atoms with Crippen LogP contribution in [0.5, 0.6) is 0 Å². The number of fused-ring (bicyclic) bond motifs is 1. The lowest BCUT2D eigenvalue weighted by atomic mass is 9.99. The minimum atomic E-state index is -1.80. The molecule has 0 aliphatic carbocycles. The minimum Gasteiger partial charge on any atom is -0.367 e. The maximum absolute atomic E-state index is 13.9. The average Bonchev–Trinajstić information content (AvgIpc) is 2.86. The molecule has 0 N–H and O–H groups in total. The monoisotopic (exact) mass is 471 g/mol. The Morgan fingerprint density at radius 2 is 1.35 bits per heavy atom. The van der Waals surface area contributed by atoms with Crippen LogP contribution in [0, 0.1) is 11.6 Å². The van der Waals surface area contributed by atoms with Crippen LogP contribution in [0.3, 0.4) is 0 Å².